The molecule has 244 valence electrons. The highest BCUT2D eigenvalue weighted by atomic mass is 14.5. The van der Waals surface area contributed by atoms with Crippen LogP contribution in [0.1, 0.15) is 22.3 Å². The van der Waals surface area contributed by atoms with Crippen LogP contribution in [0.3, 0.4) is 0 Å². The molecular formula is C53H32. The van der Waals surface area contributed by atoms with E-state index < -0.39 is 5.41 Å². The van der Waals surface area contributed by atoms with E-state index in [1.54, 1.807) is 0 Å². The average Bonchev–Trinajstić information content (AvgIpc) is 3.71. The van der Waals surface area contributed by atoms with E-state index in [1.807, 2.05) is 0 Å². The van der Waals surface area contributed by atoms with Gasteiger partial charge in [0.05, 0.1) is 5.41 Å². The standard InChI is InChI=1S/C53H32/c1-3-13-39-33(11-1)23-25-35-31-37(27-29-41(35)39)43-17-9-21-49-51(43)45-15-5-7-19-47(45)53(49)48-20-8-6-16-46(48)52-44(18-10-22-50(52)53)38-28-30-42-36(32-38)26-24-34-12-2-4-14-40(34)42/h1-32H. The zero-order valence-corrected chi connectivity index (χ0v) is 29.0. The summed E-state index contributed by atoms with van der Waals surface area (Å²) in [6.45, 7) is 0. The summed E-state index contributed by atoms with van der Waals surface area (Å²) in [5, 5.41) is 10.3. The van der Waals surface area contributed by atoms with Gasteiger partial charge in [-0.3, -0.25) is 0 Å². The van der Waals surface area contributed by atoms with Gasteiger partial charge < -0.3 is 0 Å². The smallest absolute Gasteiger partial charge is 0.0619 e. The fourth-order valence-electron chi connectivity index (χ4n) is 10.1. The molecular weight excluding hydrogens is 637 g/mol. The van der Waals surface area contributed by atoms with Gasteiger partial charge in [-0.15, -0.1) is 0 Å². The summed E-state index contributed by atoms with van der Waals surface area (Å²) < 4.78 is 0. The Bertz CT molecular complexity index is 2960. The fraction of sp³-hybridized carbons (Fsp3) is 0.0189. The molecule has 0 fully saturated rings. The van der Waals surface area contributed by atoms with Crippen LogP contribution in [0.4, 0.5) is 0 Å². The van der Waals surface area contributed by atoms with Gasteiger partial charge in [0.2, 0.25) is 0 Å². The fourth-order valence-corrected chi connectivity index (χ4v) is 10.1. The third-order valence-electron chi connectivity index (χ3n) is 12.2. The first-order valence-corrected chi connectivity index (χ1v) is 18.6. The van der Waals surface area contributed by atoms with Crippen LogP contribution >= 0.6 is 0 Å². The van der Waals surface area contributed by atoms with Crippen molar-refractivity contribution in [3.05, 3.63) is 216 Å². The van der Waals surface area contributed by atoms with Crippen LogP contribution in [-0.4, -0.2) is 0 Å². The van der Waals surface area contributed by atoms with E-state index in [-0.39, 0.29) is 0 Å². The van der Waals surface area contributed by atoms with Crippen LogP contribution in [0.15, 0.2) is 194 Å². The van der Waals surface area contributed by atoms with Crippen molar-refractivity contribution in [1.29, 1.82) is 0 Å². The summed E-state index contributed by atoms with van der Waals surface area (Å²) in [5.41, 5.74) is 15.4. The predicted molar refractivity (Wildman–Crippen MR) is 224 cm³/mol. The molecule has 10 aromatic rings. The van der Waals surface area contributed by atoms with Crippen molar-refractivity contribution in [2.45, 2.75) is 5.41 Å². The molecule has 0 N–H and O–H groups in total. The third-order valence-corrected chi connectivity index (χ3v) is 12.2. The highest BCUT2D eigenvalue weighted by Gasteiger charge is 2.52. The van der Waals surface area contributed by atoms with E-state index in [0.717, 1.165) is 0 Å². The Kier molecular flexibility index (Phi) is 5.80. The Morgan fingerprint density at radius 3 is 1.13 bits per heavy atom. The number of benzene rings is 10. The molecule has 0 heterocycles. The van der Waals surface area contributed by atoms with Gasteiger partial charge >= 0.3 is 0 Å². The topological polar surface area (TPSA) is 0 Å². The van der Waals surface area contributed by atoms with Crippen molar-refractivity contribution in [3.8, 4) is 44.5 Å². The lowest BCUT2D eigenvalue weighted by Crippen LogP contribution is -2.25. The van der Waals surface area contributed by atoms with Gasteiger partial charge in [0.25, 0.3) is 0 Å². The second-order valence-electron chi connectivity index (χ2n) is 14.7. The van der Waals surface area contributed by atoms with Crippen LogP contribution in [0, 0.1) is 0 Å². The first kappa shape index (κ1) is 28.9. The van der Waals surface area contributed by atoms with Crippen LogP contribution in [0.2, 0.25) is 0 Å². The zero-order valence-electron chi connectivity index (χ0n) is 29.0. The maximum atomic E-state index is 2.40. The molecule has 0 aromatic heterocycles. The summed E-state index contributed by atoms with van der Waals surface area (Å²) in [5.74, 6) is 0. The van der Waals surface area contributed by atoms with E-state index >= 15 is 0 Å². The number of hydrogen-bond acceptors (Lipinski definition) is 0. The summed E-state index contributed by atoms with van der Waals surface area (Å²) >= 11 is 0. The van der Waals surface area contributed by atoms with E-state index in [4.69, 9.17) is 0 Å². The summed E-state index contributed by atoms with van der Waals surface area (Å²) in [6.07, 6.45) is 0. The molecule has 1 spiro atoms. The first-order chi connectivity index (χ1) is 26.3. The van der Waals surface area contributed by atoms with Crippen molar-refractivity contribution >= 4 is 43.1 Å². The van der Waals surface area contributed by atoms with Gasteiger partial charge in [-0.1, -0.05) is 182 Å². The zero-order chi connectivity index (χ0) is 34.7. The van der Waals surface area contributed by atoms with Crippen molar-refractivity contribution in [2.75, 3.05) is 0 Å². The molecule has 0 saturated heterocycles. The van der Waals surface area contributed by atoms with Crippen molar-refractivity contribution in [3.63, 3.8) is 0 Å². The SMILES string of the molecule is c1ccc2c(c1)-c1c(-c3ccc4c(ccc5ccccc54)c3)cccc1C21c2ccccc2-c2c(-c3ccc4c(ccc5ccccc54)c3)cccc21. The summed E-state index contributed by atoms with van der Waals surface area (Å²) in [7, 11) is 0. The second-order valence-corrected chi connectivity index (χ2v) is 14.7. The van der Waals surface area contributed by atoms with E-state index in [0.29, 0.717) is 0 Å². The van der Waals surface area contributed by atoms with Gasteiger partial charge in [0.15, 0.2) is 0 Å². The van der Waals surface area contributed by atoms with Crippen LogP contribution in [-0.2, 0) is 5.41 Å². The maximum Gasteiger partial charge on any atom is 0.0725 e. The molecule has 0 bridgehead atoms. The number of rotatable bonds is 2. The van der Waals surface area contributed by atoms with E-state index in [9.17, 15) is 0 Å². The predicted octanol–water partition coefficient (Wildman–Crippen LogP) is 14.0. The lowest BCUT2D eigenvalue weighted by Gasteiger charge is -2.30. The molecule has 0 heteroatoms. The molecule has 0 amide bonds. The van der Waals surface area contributed by atoms with E-state index in [2.05, 4.69) is 194 Å². The summed E-state index contributed by atoms with van der Waals surface area (Å²) in [6, 6.07) is 72.9. The number of fused-ring (bicyclic) bond motifs is 16. The molecule has 10 aromatic carbocycles. The normalized spacial score (nSPS) is 13.4. The minimum Gasteiger partial charge on any atom is -0.0619 e. The summed E-state index contributed by atoms with van der Waals surface area (Å²) in [4.78, 5) is 0. The Morgan fingerprint density at radius 2 is 0.623 bits per heavy atom. The van der Waals surface area contributed by atoms with Crippen molar-refractivity contribution in [2.24, 2.45) is 0 Å². The highest BCUT2D eigenvalue weighted by molar-refractivity contribution is 6.11. The molecule has 0 saturated carbocycles. The first-order valence-electron chi connectivity index (χ1n) is 18.6. The minimum atomic E-state index is -0.427. The Balaban J connectivity index is 1.11. The molecule has 2 aliphatic carbocycles. The van der Waals surface area contributed by atoms with Crippen LogP contribution in [0.5, 0.6) is 0 Å². The Labute approximate surface area is 308 Å². The minimum absolute atomic E-state index is 0.427. The quantitative estimate of drug-likeness (QED) is 0.161. The van der Waals surface area contributed by atoms with Crippen molar-refractivity contribution < 1.29 is 0 Å². The molecule has 12 rings (SSSR count). The molecule has 2 aliphatic rings. The van der Waals surface area contributed by atoms with Gasteiger partial charge in [-0.2, -0.15) is 0 Å². The monoisotopic (exact) mass is 668 g/mol. The maximum absolute atomic E-state index is 2.40. The lowest BCUT2D eigenvalue weighted by atomic mass is 9.70. The molecule has 0 aliphatic heterocycles. The molecule has 0 nitrogen and oxygen atoms in total. The molecule has 53 heavy (non-hydrogen) atoms. The van der Waals surface area contributed by atoms with Gasteiger partial charge in [0.1, 0.15) is 0 Å². The van der Waals surface area contributed by atoms with Gasteiger partial charge in [-0.25, -0.2) is 0 Å². The molecule has 0 unspecified atom stereocenters. The Morgan fingerprint density at radius 1 is 0.245 bits per heavy atom. The van der Waals surface area contributed by atoms with Crippen molar-refractivity contribution in [1.82, 2.24) is 0 Å². The average molecular weight is 669 g/mol. The van der Waals surface area contributed by atoms with E-state index in [1.165, 1.54) is 110 Å². The third kappa shape index (κ3) is 3.80. The lowest BCUT2D eigenvalue weighted by molar-refractivity contribution is 0.794. The Hall–Kier alpha value is -6.76. The van der Waals surface area contributed by atoms with Crippen LogP contribution < -0.4 is 0 Å². The highest BCUT2D eigenvalue weighted by Crippen LogP contribution is 2.65. The number of hydrogen-bond donors (Lipinski definition) is 0. The molecule has 0 radical (unpaired) electrons. The van der Waals surface area contributed by atoms with Gasteiger partial charge in [0, 0.05) is 0 Å². The van der Waals surface area contributed by atoms with Gasteiger partial charge in [-0.05, 0) is 122 Å². The van der Waals surface area contributed by atoms with Crippen LogP contribution in [0.25, 0.3) is 87.6 Å². The largest absolute Gasteiger partial charge is 0.0725 e. The second kappa shape index (κ2) is 10.6. The molecule has 0 atom stereocenters.